The van der Waals surface area contributed by atoms with Gasteiger partial charge in [0.15, 0.2) is 0 Å². The molecule has 1 aromatic rings. The number of carboxylic acid groups (broad SMARTS) is 1. The molecule has 4 atom stereocenters. The van der Waals surface area contributed by atoms with Crippen molar-refractivity contribution in [3.8, 4) is 0 Å². The van der Waals surface area contributed by atoms with Crippen LogP contribution in [-0.4, -0.2) is 44.5 Å². The standard InChI is InChI=1S/C24H30O5S/c1-2-11-24(12-4-13-24)21(27)6-3-5-18-19(25)14-20(26)22(18)30-15-16-7-9-17(10-8-16)23(28)29/h2-3,5,7-10,18-19,21-22,25,27H,1,4,6,11-15H2,(H,28,29)/b5-3+/t18-,19+,21?,22+/m0/s1. The second-order valence-electron chi connectivity index (χ2n) is 8.44. The topological polar surface area (TPSA) is 94.8 Å². The van der Waals surface area contributed by atoms with E-state index in [1.54, 1.807) is 24.3 Å². The van der Waals surface area contributed by atoms with Gasteiger partial charge < -0.3 is 15.3 Å². The van der Waals surface area contributed by atoms with E-state index in [4.69, 9.17) is 5.11 Å². The first-order valence-corrected chi connectivity index (χ1v) is 11.5. The summed E-state index contributed by atoms with van der Waals surface area (Å²) in [5.41, 5.74) is 1.11. The molecular weight excluding hydrogens is 400 g/mol. The van der Waals surface area contributed by atoms with Crippen molar-refractivity contribution >= 4 is 23.5 Å². The lowest BCUT2D eigenvalue weighted by atomic mass is 9.62. The Morgan fingerprint density at radius 2 is 2.00 bits per heavy atom. The van der Waals surface area contributed by atoms with Crippen LogP contribution in [0.4, 0.5) is 0 Å². The number of aliphatic hydroxyl groups excluding tert-OH is 2. The second kappa shape index (κ2) is 9.94. The molecule has 3 N–H and O–H groups in total. The van der Waals surface area contributed by atoms with Crippen molar-refractivity contribution in [2.45, 2.75) is 61.7 Å². The SMILES string of the molecule is C=CCC1(C(O)C/C=C/[C@H]2[C@H](O)CC(=O)[C@@H]2SCc2ccc(C(=O)O)cc2)CCC1. The van der Waals surface area contributed by atoms with E-state index < -0.39 is 18.2 Å². The number of hydrogen-bond acceptors (Lipinski definition) is 5. The molecule has 1 aromatic carbocycles. The molecule has 0 aliphatic heterocycles. The number of ketones is 1. The van der Waals surface area contributed by atoms with Gasteiger partial charge in [-0.2, -0.15) is 0 Å². The highest BCUT2D eigenvalue weighted by Crippen LogP contribution is 2.48. The molecule has 162 valence electrons. The van der Waals surface area contributed by atoms with E-state index in [1.807, 2.05) is 18.2 Å². The second-order valence-corrected chi connectivity index (χ2v) is 9.57. The first-order valence-electron chi connectivity index (χ1n) is 10.5. The number of benzene rings is 1. The maximum atomic E-state index is 12.4. The van der Waals surface area contributed by atoms with E-state index in [0.717, 1.165) is 31.2 Å². The van der Waals surface area contributed by atoms with E-state index in [0.29, 0.717) is 12.2 Å². The summed E-state index contributed by atoms with van der Waals surface area (Å²) in [5, 5.41) is 29.7. The monoisotopic (exact) mass is 430 g/mol. The molecule has 0 aromatic heterocycles. The fourth-order valence-electron chi connectivity index (χ4n) is 4.44. The van der Waals surface area contributed by atoms with Gasteiger partial charge in [0, 0.05) is 23.5 Å². The Hall–Kier alpha value is -1.89. The number of thioether (sulfide) groups is 1. The minimum Gasteiger partial charge on any atom is -0.478 e. The van der Waals surface area contributed by atoms with Crippen LogP contribution in [0.2, 0.25) is 0 Å². The number of aromatic carboxylic acids is 1. The van der Waals surface area contributed by atoms with E-state index in [9.17, 15) is 19.8 Å². The molecule has 5 nitrogen and oxygen atoms in total. The van der Waals surface area contributed by atoms with Gasteiger partial charge in [-0.3, -0.25) is 4.79 Å². The zero-order chi connectivity index (χ0) is 21.7. The Labute approximate surface area is 181 Å². The molecule has 0 spiro atoms. The molecular formula is C24H30O5S. The van der Waals surface area contributed by atoms with Gasteiger partial charge in [0.05, 0.1) is 23.0 Å². The molecule has 1 unspecified atom stereocenters. The van der Waals surface area contributed by atoms with Crippen LogP contribution in [0, 0.1) is 11.3 Å². The summed E-state index contributed by atoms with van der Waals surface area (Å²) >= 11 is 1.48. The minimum absolute atomic E-state index is 0.0342. The molecule has 0 saturated heterocycles. The van der Waals surface area contributed by atoms with E-state index >= 15 is 0 Å². The number of carboxylic acids is 1. The molecule has 2 aliphatic carbocycles. The third kappa shape index (κ3) is 5.05. The summed E-state index contributed by atoms with van der Waals surface area (Å²) in [6.07, 6.45) is 9.17. The fraction of sp³-hybridized carbons (Fsp3) is 0.500. The van der Waals surface area contributed by atoms with E-state index in [-0.39, 0.29) is 34.4 Å². The number of rotatable bonds is 10. The smallest absolute Gasteiger partial charge is 0.335 e. The lowest BCUT2D eigenvalue weighted by molar-refractivity contribution is -0.117. The first-order chi connectivity index (χ1) is 14.4. The first kappa shape index (κ1) is 22.8. The summed E-state index contributed by atoms with van der Waals surface area (Å²) < 4.78 is 0. The summed E-state index contributed by atoms with van der Waals surface area (Å²) in [6, 6.07) is 6.63. The Kier molecular flexibility index (Phi) is 7.55. The average Bonchev–Trinajstić information content (AvgIpc) is 2.95. The van der Waals surface area contributed by atoms with E-state index in [2.05, 4.69) is 6.58 Å². The minimum atomic E-state index is -0.965. The largest absolute Gasteiger partial charge is 0.478 e. The summed E-state index contributed by atoms with van der Waals surface area (Å²) in [5.74, 6) is -0.637. The van der Waals surface area contributed by atoms with Gasteiger partial charge in [0.2, 0.25) is 0 Å². The number of aliphatic hydroxyl groups is 2. The lowest BCUT2D eigenvalue weighted by Gasteiger charge is -2.45. The van der Waals surface area contributed by atoms with Crippen molar-refractivity contribution in [3.05, 3.63) is 60.2 Å². The van der Waals surface area contributed by atoms with Crippen LogP contribution in [0.25, 0.3) is 0 Å². The predicted molar refractivity (Wildman–Crippen MR) is 118 cm³/mol. The molecule has 0 radical (unpaired) electrons. The third-order valence-corrected chi connectivity index (χ3v) is 7.91. The van der Waals surface area contributed by atoms with Crippen molar-refractivity contribution in [1.82, 2.24) is 0 Å². The number of carbonyl (C=O) groups excluding carboxylic acids is 1. The van der Waals surface area contributed by atoms with Gasteiger partial charge in [-0.15, -0.1) is 18.3 Å². The van der Waals surface area contributed by atoms with Crippen LogP contribution in [0.15, 0.2) is 49.1 Å². The van der Waals surface area contributed by atoms with E-state index in [1.165, 1.54) is 11.8 Å². The van der Waals surface area contributed by atoms with Crippen molar-refractivity contribution in [2.24, 2.45) is 11.3 Å². The third-order valence-electron chi connectivity index (χ3n) is 6.48. The molecule has 2 saturated carbocycles. The van der Waals surface area contributed by atoms with Crippen LogP contribution in [0.5, 0.6) is 0 Å². The van der Waals surface area contributed by atoms with Gasteiger partial charge in [0.25, 0.3) is 0 Å². The zero-order valence-corrected chi connectivity index (χ0v) is 17.9. The number of allylic oxidation sites excluding steroid dienone is 1. The Bertz CT molecular complexity index is 796. The fourth-order valence-corrected chi connectivity index (χ4v) is 5.78. The molecule has 2 fully saturated rings. The zero-order valence-electron chi connectivity index (χ0n) is 17.1. The molecule has 30 heavy (non-hydrogen) atoms. The van der Waals surface area contributed by atoms with Gasteiger partial charge in [-0.05, 0) is 43.4 Å². The maximum absolute atomic E-state index is 12.4. The number of hydrogen-bond donors (Lipinski definition) is 3. The molecule has 0 amide bonds. The van der Waals surface area contributed by atoms with Crippen LogP contribution >= 0.6 is 11.8 Å². The van der Waals surface area contributed by atoms with Crippen LogP contribution in [0.3, 0.4) is 0 Å². The highest BCUT2D eigenvalue weighted by molar-refractivity contribution is 7.99. The molecule has 3 rings (SSSR count). The quantitative estimate of drug-likeness (QED) is 0.486. The van der Waals surface area contributed by atoms with Crippen LogP contribution in [0.1, 0.15) is 54.4 Å². The van der Waals surface area contributed by atoms with Gasteiger partial charge in [0.1, 0.15) is 5.78 Å². The van der Waals surface area contributed by atoms with Crippen molar-refractivity contribution in [1.29, 1.82) is 0 Å². The molecule has 6 heteroatoms. The Balaban J connectivity index is 1.58. The molecule has 0 heterocycles. The number of Topliss-reactive ketones (excluding diaryl/α,β-unsaturated/α-hetero) is 1. The van der Waals surface area contributed by atoms with Gasteiger partial charge >= 0.3 is 5.97 Å². The normalized spacial score (nSPS) is 26.5. The number of carbonyl (C=O) groups is 2. The summed E-state index contributed by atoms with van der Waals surface area (Å²) in [4.78, 5) is 23.4. The molecule has 2 aliphatic rings. The molecule has 0 bridgehead atoms. The summed E-state index contributed by atoms with van der Waals surface area (Å²) in [7, 11) is 0. The van der Waals surface area contributed by atoms with Gasteiger partial charge in [-0.25, -0.2) is 4.79 Å². The predicted octanol–water partition coefficient (Wildman–Crippen LogP) is 3.99. The van der Waals surface area contributed by atoms with Crippen LogP contribution in [-0.2, 0) is 10.5 Å². The van der Waals surface area contributed by atoms with Gasteiger partial charge in [-0.1, -0.05) is 36.8 Å². The van der Waals surface area contributed by atoms with Crippen molar-refractivity contribution < 1.29 is 24.9 Å². The van der Waals surface area contributed by atoms with Crippen LogP contribution < -0.4 is 0 Å². The van der Waals surface area contributed by atoms with Crippen molar-refractivity contribution in [3.63, 3.8) is 0 Å². The lowest BCUT2D eigenvalue weighted by Crippen LogP contribution is -2.40. The Morgan fingerprint density at radius 3 is 2.57 bits per heavy atom. The summed E-state index contributed by atoms with van der Waals surface area (Å²) in [6.45, 7) is 3.81. The van der Waals surface area contributed by atoms with Crippen molar-refractivity contribution in [2.75, 3.05) is 0 Å². The maximum Gasteiger partial charge on any atom is 0.335 e. The highest BCUT2D eigenvalue weighted by Gasteiger charge is 2.42. The average molecular weight is 431 g/mol. The Morgan fingerprint density at radius 1 is 1.30 bits per heavy atom. The highest BCUT2D eigenvalue weighted by atomic mass is 32.2.